The van der Waals surface area contributed by atoms with Gasteiger partial charge in [-0.1, -0.05) is 194 Å². The highest BCUT2D eigenvalue weighted by molar-refractivity contribution is 6.11. The summed E-state index contributed by atoms with van der Waals surface area (Å²) in [7, 11) is 0. The Labute approximate surface area is 327 Å². The van der Waals surface area contributed by atoms with E-state index in [1.807, 2.05) is 6.07 Å². The van der Waals surface area contributed by atoms with Gasteiger partial charge in [0, 0.05) is 22.0 Å². The second kappa shape index (κ2) is 14.4. The summed E-state index contributed by atoms with van der Waals surface area (Å²) in [5, 5.41) is 2.20. The third-order valence-electron chi connectivity index (χ3n) is 10.7. The molecule has 10 aromatic rings. The van der Waals surface area contributed by atoms with Gasteiger partial charge in [0.15, 0.2) is 5.58 Å². The van der Waals surface area contributed by atoms with E-state index in [-0.39, 0.29) is 0 Å². The lowest BCUT2D eigenvalue weighted by Crippen LogP contribution is -2.11. The second-order valence-corrected chi connectivity index (χ2v) is 14.1. The first-order valence-electron chi connectivity index (χ1n) is 19.1. The van der Waals surface area contributed by atoms with Crippen molar-refractivity contribution in [3.05, 3.63) is 224 Å². The SMILES string of the molecule is c1ccc(-c2ccc(-c3ccc(N(c4ccccc4-c4ccccc4-c4ccccc4-c4ccccc4)c4cccc5c4oc4ccccc45)cc3)cc2)cc1. The standard InChI is InChI=1S/C54H37NO/c1-3-16-38(17-4-1)39-30-32-40(33-31-39)41-34-36-43(37-35-41)55(52-28-15-26-50-49-25-12-14-29-53(49)56-54(50)52)51-27-13-11-24-48(51)47-23-10-9-22-46(47)45-21-8-7-20-44(45)42-18-5-2-6-19-42/h1-37H. The Hall–Kier alpha value is -7.42. The molecule has 10 rings (SSSR count). The van der Waals surface area contributed by atoms with Crippen molar-refractivity contribution in [3.8, 4) is 55.6 Å². The molecular weight excluding hydrogens is 679 g/mol. The summed E-state index contributed by atoms with van der Waals surface area (Å²) in [4.78, 5) is 2.36. The number of anilines is 3. The van der Waals surface area contributed by atoms with Crippen molar-refractivity contribution >= 4 is 39.0 Å². The van der Waals surface area contributed by atoms with Crippen LogP contribution in [0.3, 0.4) is 0 Å². The van der Waals surface area contributed by atoms with Gasteiger partial charge in [-0.05, 0) is 80.4 Å². The summed E-state index contributed by atoms with van der Waals surface area (Å²) in [6.07, 6.45) is 0. The maximum Gasteiger partial charge on any atom is 0.159 e. The number of hydrogen-bond donors (Lipinski definition) is 0. The lowest BCUT2D eigenvalue weighted by atomic mass is 9.88. The molecule has 0 N–H and O–H groups in total. The molecular formula is C54H37NO. The predicted molar refractivity (Wildman–Crippen MR) is 236 cm³/mol. The van der Waals surface area contributed by atoms with Gasteiger partial charge in [-0.2, -0.15) is 0 Å². The lowest BCUT2D eigenvalue weighted by molar-refractivity contribution is 0.669. The van der Waals surface area contributed by atoms with Crippen LogP contribution in [0.25, 0.3) is 77.6 Å². The van der Waals surface area contributed by atoms with Crippen molar-refractivity contribution in [2.75, 3.05) is 4.90 Å². The van der Waals surface area contributed by atoms with Crippen LogP contribution >= 0.6 is 0 Å². The summed E-state index contributed by atoms with van der Waals surface area (Å²) in [5.74, 6) is 0. The number of hydrogen-bond acceptors (Lipinski definition) is 2. The number of benzene rings is 9. The molecule has 0 aliphatic heterocycles. The van der Waals surface area contributed by atoms with Gasteiger partial charge < -0.3 is 9.32 Å². The fraction of sp³-hybridized carbons (Fsp3) is 0. The number of nitrogens with zero attached hydrogens (tertiary/aromatic N) is 1. The van der Waals surface area contributed by atoms with E-state index < -0.39 is 0 Å². The molecule has 2 heteroatoms. The topological polar surface area (TPSA) is 16.4 Å². The van der Waals surface area contributed by atoms with Gasteiger partial charge in [0.1, 0.15) is 5.58 Å². The Morgan fingerprint density at radius 3 is 1.36 bits per heavy atom. The lowest BCUT2D eigenvalue weighted by Gasteiger charge is -2.28. The number of para-hydroxylation sites is 3. The van der Waals surface area contributed by atoms with E-state index in [4.69, 9.17) is 4.42 Å². The van der Waals surface area contributed by atoms with E-state index in [9.17, 15) is 0 Å². The summed E-state index contributed by atoms with van der Waals surface area (Å²) >= 11 is 0. The molecule has 0 saturated carbocycles. The van der Waals surface area contributed by atoms with E-state index in [0.717, 1.165) is 55.7 Å². The van der Waals surface area contributed by atoms with Crippen molar-refractivity contribution in [1.82, 2.24) is 0 Å². The Morgan fingerprint density at radius 2 is 0.696 bits per heavy atom. The summed E-state index contributed by atoms with van der Waals surface area (Å²) in [6.45, 7) is 0. The Balaban J connectivity index is 1.14. The van der Waals surface area contributed by atoms with Crippen molar-refractivity contribution < 1.29 is 4.42 Å². The molecule has 0 aliphatic carbocycles. The molecule has 56 heavy (non-hydrogen) atoms. The monoisotopic (exact) mass is 715 g/mol. The molecule has 0 unspecified atom stereocenters. The molecule has 1 heterocycles. The normalized spacial score (nSPS) is 11.2. The first-order valence-corrected chi connectivity index (χ1v) is 19.1. The summed E-state index contributed by atoms with van der Waals surface area (Å²) in [5.41, 5.74) is 16.6. The van der Waals surface area contributed by atoms with Gasteiger partial charge in [-0.3, -0.25) is 0 Å². The van der Waals surface area contributed by atoms with E-state index in [2.05, 4.69) is 223 Å². The average molecular weight is 716 g/mol. The molecule has 0 fully saturated rings. The maximum absolute atomic E-state index is 6.71. The molecule has 0 aliphatic rings. The second-order valence-electron chi connectivity index (χ2n) is 14.1. The van der Waals surface area contributed by atoms with Gasteiger partial charge in [0.25, 0.3) is 0 Å². The first-order chi connectivity index (χ1) is 27.8. The van der Waals surface area contributed by atoms with Gasteiger partial charge in [0.05, 0.1) is 11.4 Å². The minimum absolute atomic E-state index is 0.854. The van der Waals surface area contributed by atoms with Crippen molar-refractivity contribution in [3.63, 3.8) is 0 Å². The molecule has 2 nitrogen and oxygen atoms in total. The van der Waals surface area contributed by atoms with Crippen molar-refractivity contribution in [2.45, 2.75) is 0 Å². The van der Waals surface area contributed by atoms with Gasteiger partial charge in [-0.25, -0.2) is 0 Å². The van der Waals surface area contributed by atoms with Crippen LogP contribution in [-0.2, 0) is 0 Å². The van der Waals surface area contributed by atoms with Crippen LogP contribution in [0, 0.1) is 0 Å². The smallest absolute Gasteiger partial charge is 0.159 e. The zero-order valence-electron chi connectivity index (χ0n) is 30.7. The maximum atomic E-state index is 6.71. The fourth-order valence-corrected chi connectivity index (χ4v) is 8.04. The van der Waals surface area contributed by atoms with Crippen LogP contribution in [0.4, 0.5) is 17.1 Å². The largest absolute Gasteiger partial charge is 0.454 e. The zero-order chi connectivity index (χ0) is 37.3. The quantitative estimate of drug-likeness (QED) is 0.156. The molecule has 0 atom stereocenters. The molecule has 0 spiro atoms. The molecule has 0 bridgehead atoms. The Morgan fingerprint density at radius 1 is 0.268 bits per heavy atom. The number of fused-ring (bicyclic) bond motifs is 3. The van der Waals surface area contributed by atoms with E-state index in [0.29, 0.717) is 0 Å². The van der Waals surface area contributed by atoms with Crippen molar-refractivity contribution in [1.29, 1.82) is 0 Å². The third-order valence-corrected chi connectivity index (χ3v) is 10.7. The third kappa shape index (κ3) is 6.04. The minimum Gasteiger partial charge on any atom is -0.454 e. The molecule has 9 aromatic carbocycles. The van der Waals surface area contributed by atoms with Gasteiger partial charge >= 0.3 is 0 Å². The van der Waals surface area contributed by atoms with Crippen LogP contribution in [0.2, 0.25) is 0 Å². The first kappa shape index (κ1) is 33.2. The molecule has 0 amide bonds. The number of furan rings is 1. The van der Waals surface area contributed by atoms with Gasteiger partial charge in [0.2, 0.25) is 0 Å². The van der Waals surface area contributed by atoms with Crippen molar-refractivity contribution in [2.24, 2.45) is 0 Å². The van der Waals surface area contributed by atoms with Gasteiger partial charge in [-0.15, -0.1) is 0 Å². The highest BCUT2D eigenvalue weighted by atomic mass is 16.3. The summed E-state index contributed by atoms with van der Waals surface area (Å²) < 4.78 is 6.71. The zero-order valence-corrected chi connectivity index (χ0v) is 30.7. The van der Waals surface area contributed by atoms with Crippen LogP contribution in [0.5, 0.6) is 0 Å². The van der Waals surface area contributed by atoms with Crippen LogP contribution < -0.4 is 4.90 Å². The van der Waals surface area contributed by atoms with Crippen LogP contribution in [-0.4, -0.2) is 0 Å². The van der Waals surface area contributed by atoms with Crippen LogP contribution in [0.1, 0.15) is 0 Å². The van der Waals surface area contributed by atoms with E-state index in [1.54, 1.807) is 0 Å². The minimum atomic E-state index is 0.854. The molecule has 0 saturated heterocycles. The highest BCUT2D eigenvalue weighted by Crippen LogP contribution is 2.47. The Bertz CT molecular complexity index is 2940. The molecule has 1 aromatic heterocycles. The average Bonchev–Trinajstić information content (AvgIpc) is 3.67. The van der Waals surface area contributed by atoms with E-state index >= 15 is 0 Å². The fourth-order valence-electron chi connectivity index (χ4n) is 8.04. The molecule has 0 radical (unpaired) electrons. The highest BCUT2D eigenvalue weighted by Gasteiger charge is 2.23. The number of rotatable bonds is 8. The predicted octanol–water partition coefficient (Wildman–Crippen LogP) is 15.4. The van der Waals surface area contributed by atoms with E-state index in [1.165, 1.54) is 38.9 Å². The molecule has 264 valence electrons. The summed E-state index contributed by atoms with van der Waals surface area (Å²) in [6, 6.07) is 80.0. The van der Waals surface area contributed by atoms with Crippen LogP contribution in [0.15, 0.2) is 229 Å². The Kier molecular flexibility index (Phi) is 8.55.